The van der Waals surface area contributed by atoms with Crippen LogP contribution in [0.2, 0.25) is 0 Å². The molecule has 1 atom stereocenters. The average Bonchev–Trinajstić information content (AvgIpc) is 2.29. The molecule has 0 heterocycles. The van der Waals surface area contributed by atoms with E-state index in [-0.39, 0.29) is 11.8 Å². The number of hydrogen-bond acceptors (Lipinski definition) is 4. The van der Waals surface area contributed by atoms with Crippen molar-refractivity contribution in [2.75, 3.05) is 25.3 Å². The Morgan fingerprint density at radius 1 is 1.35 bits per heavy atom. The van der Waals surface area contributed by atoms with Gasteiger partial charge in [0.2, 0.25) is 0 Å². The predicted octanol–water partition coefficient (Wildman–Crippen LogP) is 2.10. The average molecular weight is 273 g/mol. The van der Waals surface area contributed by atoms with Gasteiger partial charge in [-0.05, 0) is 31.4 Å². The van der Waals surface area contributed by atoms with Crippen LogP contribution in [0.15, 0.2) is 29.2 Å². The van der Waals surface area contributed by atoms with E-state index in [1.54, 1.807) is 11.8 Å². The van der Waals surface area contributed by atoms with Gasteiger partial charge in [0.15, 0.2) is 0 Å². The molecule has 1 unspecified atom stereocenters. The Labute approximate surface area is 108 Å². The predicted molar refractivity (Wildman–Crippen MR) is 74.4 cm³/mol. The SMILES string of the molecule is CNC(CCS(C)(=O)=O)c1ccccc1SC. The van der Waals surface area contributed by atoms with Crippen LogP contribution < -0.4 is 5.32 Å². The van der Waals surface area contributed by atoms with Crippen LogP contribution in [0.1, 0.15) is 18.0 Å². The molecule has 0 aromatic heterocycles. The van der Waals surface area contributed by atoms with Gasteiger partial charge in [0.1, 0.15) is 9.84 Å². The van der Waals surface area contributed by atoms with E-state index in [1.165, 1.54) is 16.7 Å². The summed E-state index contributed by atoms with van der Waals surface area (Å²) in [5.74, 6) is 0.210. The Bertz CT molecular complexity index is 457. The molecule has 0 spiro atoms. The van der Waals surface area contributed by atoms with E-state index in [1.807, 2.05) is 25.4 Å². The number of benzene rings is 1. The monoisotopic (exact) mass is 273 g/mol. The fourth-order valence-electron chi connectivity index (χ4n) is 1.74. The van der Waals surface area contributed by atoms with Crippen LogP contribution in [0.5, 0.6) is 0 Å². The first-order valence-corrected chi connectivity index (χ1v) is 8.74. The Balaban J connectivity index is 2.86. The Morgan fingerprint density at radius 2 is 2.00 bits per heavy atom. The maximum atomic E-state index is 11.2. The third-order valence-electron chi connectivity index (χ3n) is 2.64. The summed E-state index contributed by atoms with van der Waals surface area (Å²) in [5, 5.41) is 3.19. The third kappa shape index (κ3) is 4.69. The van der Waals surface area contributed by atoms with E-state index in [4.69, 9.17) is 0 Å². The van der Waals surface area contributed by atoms with E-state index in [0.717, 1.165) is 0 Å². The molecule has 1 aromatic rings. The molecule has 3 nitrogen and oxygen atoms in total. The minimum absolute atomic E-state index is 0.0911. The molecule has 0 fully saturated rings. The maximum absolute atomic E-state index is 11.2. The number of hydrogen-bond donors (Lipinski definition) is 1. The van der Waals surface area contributed by atoms with Gasteiger partial charge >= 0.3 is 0 Å². The van der Waals surface area contributed by atoms with Crippen LogP contribution in [-0.2, 0) is 9.84 Å². The first-order chi connectivity index (χ1) is 7.98. The van der Waals surface area contributed by atoms with Crippen molar-refractivity contribution in [3.05, 3.63) is 29.8 Å². The van der Waals surface area contributed by atoms with Crippen molar-refractivity contribution in [3.8, 4) is 0 Å². The number of sulfone groups is 1. The summed E-state index contributed by atoms with van der Waals surface area (Å²) in [6, 6.07) is 8.19. The zero-order valence-corrected chi connectivity index (χ0v) is 12.1. The van der Waals surface area contributed by atoms with Crippen LogP contribution in [0.4, 0.5) is 0 Å². The van der Waals surface area contributed by atoms with E-state index in [9.17, 15) is 8.42 Å². The quantitative estimate of drug-likeness (QED) is 0.806. The molecule has 5 heteroatoms. The summed E-state index contributed by atoms with van der Waals surface area (Å²) < 4.78 is 22.4. The van der Waals surface area contributed by atoms with Crippen molar-refractivity contribution < 1.29 is 8.42 Å². The first-order valence-electron chi connectivity index (χ1n) is 5.46. The van der Waals surface area contributed by atoms with Crippen LogP contribution in [0.3, 0.4) is 0 Å². The van der Waals surface area contributed by atoms with Gasteiger partial charge in [0, 0.05) is 17.2 Å². The highest BCUT2D eigenvalue weighted by Crippen LogP contribution is 2.27. The highest BCUT2D eigenvalue weighted by Gasteiger charge is 2.15. The van der Waals surface area contributed by atoms with Crippen LogP contribution in [0.25, 0.3) is 0 Å². The standard InChI is InChI=1S/C12H19NO2S2/c1-13-11(8-9-17(3,14)15)10-6-4-5-7-12(10)16-2/h4-7,11,13H,8-9H2,1-3H3. The lowest BCUT2D eigenvalue weighted by Gasteiger charge is -2.18. The molecule has 0 aliphatic heterocycles. The van der Waals surface area contributed by atoms with Crippen molar-refractivity contribution in [2.24, 2.45) is 0 Å². The minimum Gasteiger partial charge on any atom is -0.313 e. The van der Waals surface area contributed by atoms with E-state index >= 15 is 0 Å². The zero-order valence-electron chi connectivity index (χ0n) is 10.4. The second-order valence-corrected chi connectivity index (χ2v) is 7.11. The molecular weight excluding hydrogens is 254 g/mol. The highest BCUT2D eigenvalue weighted by molar-refractivity contribution is 7.98. The molecule has 0 radical (unpaired) electrons. The smallest absolute Gasteiger partial charge is 0.147 e. The molecule has 1 N–H and O–H groups in total. The molecule has 1 aromatic carbocycles. The highest BCUT2D eigenvalue weighted by atomic mass is 32.2. The Morgan fingerprint density at radius 3 is 2.53 bits per heavy atom. The normalized spacial score (nSPS) is 13.6. The lowest BCUT2D eigenvalue weighted by atomic mass is 10.0. The minimum atomic E-state index is -2.90. The van der Waals surface area contributed by atoms with Crippen LogP contribution >= 0.6 is 11.8 Å². The summed E-state index contributed by atoms with van der Waals surface area (Å²) >= 11 is 1.68. The van der Waals surface area contributed by atoms with Gasteiger partial charge in [0.05, 0.1) is 5.75 Å². The molecule has 96 valence electrons. The second-order valence-electron chi connectivity index (χ2n) is 4.00. The molecule has 0 aliphatic carbocycles. The molecular formula is C12H19NO2S2. The van der Waals surface area contributed by atoms with Gasteiger partial charge in [0.25, 0.3) is 0 Å². The van der Waals surface area contributed by atoms with Crippen LogP contribution in [-0.4, -0.2) is 33.7 Å². The Kier molecular flexibility index (Phi) is 5.49. The third-order valence-corrected chi connectivity index (χ3v) is 4.43. The molecule has 0 aliphatic rings. The second kappa shape index (κ2) is 6.42. The lowest BCUT2D eigenvalue weighted by Crippen LogP contribution is -2.20. The van der Waals surface area contributed by atoms with Crippen molar-refractivity contribution in [2.45, 2.75) is 17.4 Å². The Hall–Kier alpha value is -0.520. The van der Waals surface area contributed by atoms with Gasteiger partial charge in [-0.1, -0.05) is 18.2 Å². The summed E-state index contributed by atoms with van der Waals surface area (Å²) in [6.07, 6.45) is 3.91. The van der Waals surface area contributed by atoms with Gasteiger partial charge < -0.3 is 5.32 Å². The van der Waals surface area contributed by atoms with Gasteiger partial charge in [-0.15, -0.1) is 11.8 Å². The van der Waals surface area contributed by atoms with E-state index in [0.29, 0.717) is 6.42 Å². The molecule has 0 saturated carbocycles. The number of thioether (sulfide) groups is 1. The topological polar surface area (TPSA) is 46.2 Å². The molecule has 0 bridgehead atoms. The van der Waals surface area contributed by atoms with Gasteiger partial charge in [-0.3, -0.25) is 0 Å². The molecule has 0 saturated heterocycles. The maximum Gasteiger partial charge on any atom is 0.147 e. The zero-order chi connectivity index (χ0) is 12.9. The lowest BCUT2D eigenvalue weighted by molar-refractivity contribution is 0.553. The van der Waals surface area contributed by atoms with Gasteiger partial charge in [-0.2, -0.15) is 0 Å². The molecule has 17 heavy (non-hydrogen) atoms. The first kappa shape index (κ1) is 14.5. The van der Waals surface area contributed by atoms with Crippen molar-refractivity contribution >= 4 is 21.6 Å². The van der Waals surface area contributed by atoms with Crippen LogP contribution in [0, 0.1) is 0 Å². The number of nitrogens with one attached hydrogen (secondary N) is 1. The fraction of sp³-hybridized carbons (Fsp3) is 0.500. The largest absolute Gasteiger partial charge is 0.313 e. The van der Waals surface area contributed by atoms with E-state index in [2.05, 4.69) is 17.4 Å². The fourth-order valence-corrected chi connectivity index (χ4v) is 3.07. The van der Waals surface area contributed by atoms with Gasteiger partial charge in [-0.25, -0.2) is 8.42 Å². The molecule has 0 amide bonds. The summed E-state index contributed by atoms with van der Waals surface area (Å²) in [5.41, 5.74) is 1.17. The summed E-state index contributed by atoms with van der Waals surface area (Å²) in [6.45, 7) is 0. The van der Waals surface area contributed by atoms with Crippen molar-refractivity contribution in [3.63, 3.8) is 0 Å². The van der Waals surface area contributed by atoms with E-state index < -0.39 is 9.84 Å². The molecule has 1 rings (SSSR count). The summed E-state index contributed by atoms with van der Waals surface area (Å²) in [7, 11) is -1.04. The van der Waals surface area contributed by atoms with Crippen molar-refractivity contribution in [1.29, 1.82) is 0 Å². The number of rotatable bonds is 6. The van der Waals surface area contributed by atoms with Crippen molar-refractivity contribution in [1.82, 2.24) is 5.32 Å². The summed E-state index contributed by atoms with van der Waals surface area (Å²) in [4.78, 5) is 1.19.